The van der Waals surface area contributed by atoms with Crippen molar-refractivity contribution in [3.8, 4) is 0 Å². The zero-order valence-electron chi connectivity index (χ0n) is 15.5. The number of carbonyl (C=O) groups excluding carboxylic acids is 1. The Morgan fingerprint density at radius 2 is 1.78 bits per heavy atom. The molecule has 6 nitrogen and oxygen atoms in total. The molecule has 0 spiro atoms. The smallest absolute Gasteiger partial charge is 0.305 e. The van der Waals surface area contributed by atoms with Crippen LogP contribution in [0.4, 0.5) is 0 Å². The summed E-state index contributed by atoms with van der Waals surface area (Å²) in [6, 6.07) is 0. The number of ether oxygens (including phenoxy) is 2. The van der Waals surface area contributed by atoms with E-state index in [1.54, 1.807) is 7.11 Å². The van der Waals surface area contributed by atoms with E-state index < -0.39 is 0 Å². The molecule has 0 aromatic carbocycles. The number of unbranched alkanes of at least 4 members (excludes halogenated alkanes) is 3. The zero-order chi connectivity index (χ0) is 17.6. The van der Waals surface area contributed by atoms with Gasteiger partial charge in [-0.05, 0) is 40.5 Å². The highest BCUT2D eigenvalue weighted by molar-refractivity contribution is 5.79. The summed E-state index contributed by atoms with van der Waals surface area (Å²) < 4.78 is 10.3. The molecule has 0 saturated carbocycles. The van der Waals surface area contributed by atoms with Crippen molar-refractivity contribution in [2.75, 3.05) is 33.4 Å². The van der Waals surface area contributed by atoms with E-state index in [0.717, 1.165) is 44.7 Å². The van der Waals surface area contributed by atoms with Crippen LogP contribution in [0.3, 0.4) is 0 Å². The summed E-state index contributed by atoms with van der Waals surface area (Å²) in [5.41, 5.74) is -0.255. The second kappa shape index (κ2) is 13.2. The molecule has 0 radical (unpaired) electrons. The Balaban J connectivity index is 3.84. The van der Waals surface area contributed by atoms with Gasteiger partial charge in [0.1, 0.15) is 0 Å². The van der Waals surface area contributed by atoms with Gasteiger partial charge in [-0.2, -0.15) is 0 Å². The number of aliphatic imine (C=N–C) groups is 1. The molecule has 6 heteroatoms. The number of rotatable bonds is 12. The van der Waals surface area contributed by atoms with Gasteiger partial charge in [0.25, 0.3) is 0 Å². The van der Waals surface area contributed by atoms with Gasteiger partial charge in [0.15, 0.2) is 5.96 Å². The molecular weight excluding hydrogens is 294 g/mol. The van der Waals surface area contributed by atoms with Crippen LogP contribution in [0, 0.1) is 0 Å². The third kappa shape index (κ3) is 12.9. The van der Waals surface area contributed by atoms with E-state index in [2.05, 4.69) is 15.6 Å². The Morgan fingerprint density at radius 1 is 1.09 bits per heavy atom. The number of guanidine groups is 1. The number of carbonyl (C=O) groups is 1. The molecule has 0 fully saturated rings. The Kier molecular flexibility index (Phi) is 12.4. The number of hydrogen-bond donors (Lipinski definition) is 2. The highest BCUT2D eigenvalue weighted by Crippen LogP contribution is 2.07. The number of esters is 1. The fourth-order valence-corrected chi connectivity index (χ4v) is 1.86. The predicted octanol–water partition coefficient (Wildman–Crippen LogP) is 2.48. The number of nitrogens with one attached hydrogen (secondary N) is 2. The Morgan fingerprint density at radius 3 is 2.39 bits per heavy atom. The van der Waals surface area contributed by atoms with Gasteiger partial charge < -0.3 is 20.1 Å². The first kappa shape index (κ1) is 21.7. The SMILES string of the molecule is CCNC(=NCC(C)(C)OC)NCCCCCCC(=O)OCC. The van der Waals surface area contributed by atoms with E-state index in [1.165, 1.54) is 0 Å². The maximum atomic E-state index is 11.2. The lowest BCUT2D eigenvalue weighted by atomic mass is 10.1. The van der Waals surface area contributed by atoms with Crippen molar-refractivity contribution in [2.24, 2.45) is 4.99 Å². The molecule has 0 rings (SSSR count). The normalized spacial score (nSPS) is 12.1. The minimum Gasteiger partial charge on any atom is -0.466 e. The fraction of sp³-hybridized carbons (Fsp3) is 0.882. The average molecular weight is 329 g/mol. The molecule has 0 aliphatic carbocycles. The molecule has 0 aliphatic heterocycles. The minimum absolute atomic E-state index is 0.0899. The van der Waals surface area contributed by atoms with Crippen LogP contribution in [-0.4, -0.2) is 50.9 Å². The molecule has 0 heterocycles. The van der Waals surface area contributed by atoms with Crippen molar-refractivity contribution in [2.45, 2.75) is 65.4 Å². The fourth-order valence-electron chi connectivity index (χ4n) is 1.86. The zero-order valence-corrected chi connectivity index (χ0v) is 15.5. The molecule has 0 aromatic rings. The summed E-state index contributed by atoms with van der Waals surface area (Å²) >= 11 is 0. The van der Waals surface area contributed by atoms with Crippen molar-refractivity contribution < 1.29 is 14.3 Å². The number of methoxy groups -OCH3 is 1. The van der Waals surface area contributed by atoms with Gasteiger partial charge in [-0.3, -0.25) is 9.79 Å². The van der Waals surface area contributed by atoms with Gasteiger partial charge in [0.2, 0.25) is 0 Å². The van der Waals surface area contributed by atoms with E-state index in [0.29, 0.717) is 19.6 Å². The van der Waals surface area contributed by atoms with Crippen molar-refractivity contribution in [1.29, 1.82) is 0 Å². The maximum absolute atomic E-state index is 11.2. The molecule has 0 aliphatic rings. The molecule has 0 aromatic heterocycles. The molecule has 0 amide bonds. The van der Waals surface area contributed by atoms with Gasteiger partial charge in [0.05, 0.1) is 18.8 Å². The first-order chi connectivity index (χ1) is 10.9. The van der Waals surface area contributed by atoms with E-state index in [9.17, 15) is 4.79 Å². The highest BCUT2D eigenvalue weighted by atomic mass is 16.5. The second-order valence-electron chi connectivity index (χ2n) is 6.05. The molecule has 0 saturated heterocycles. The molecule has 0 bridgehead atoms. The van der Waals surface area contributed by atoms with Gasteiger partial charge in [0, 0.05) is 26.6 Å². The Labute approximate surface area is 141 Å². The summed E-state index contributed by atoms with van der Waals surface area (Å²) in [6.45, 7) is 10.7. The molecule has 23 heavy (non-hydrogen) atoms. The minimum atomic E-state index is -0.255. The van der Waals surface area contributed by atoms with Crippen LogP contribution in [-0.2, 0) is 14.3 Å². The van der Waals surface area contributed by atoms with Crippen LogP contribution < -0.4 is 10.6 Å². The summed E-state index contributed by atoms with van der Waals surface area (Å²) in [5.74, 6) is 0.733. The van der Waals surface area contributed by atoms with Crippen molar-refractivity contribution in [1.82, 2.24) is 10.6 Å². The first-order valence-electron chi connectivity index (χ1n) is 8.68. The Bertz CT molecular complexity index is 344. The largest absolute Gasteiger partial charge is 0.466 e. The third-order valence-electron chi connectivity index (χ3n) is 3.42. The lowest BCUT2D eigenvalue weighted by Crippen LogP contribution is -2.39. The first-order valence-corrected chi connectivity index (χ1v) is 8.68. The summed E-state index contributed by atoms with van der Waals surface area (Å²) in [6.07, 6.45) is 4.62. The summed E-state index contributed by atoms with van der Waals surface area (Å²) in [7, 11) is 1.70. The molecule has 0 unspecified atom stereocenters. The molecular formula is C17H35N3O3. The quantitative estimate of drug-likeness (QED) is 0.249. The van der Waals surface area contributed by atoms with E-state index >= 15 is 0 Å². The van der Waals surface area contributed by atoms with Crippen LogP contribution in [0.25, 0.3) is 0 Å². The van der Waals surface area contributed by atoms with Gasteiger partial charge in [-0.15, -0.1) is 0 Å². The van der Waals surface area contributed by atoms with E-state index in [1.807, 2.05) is 27.7 Å². The van der Waals surface area contributed by atoms with Crippen LogP contribution in [0.15, 0.2) is 4.99 Å². The van der Waals surface area contributed by atoms with Gasteiger partial charge in [-0.25, -0.2) is 0 Å². The third-order valence-corrected chi connectivity index (χ3v) is 3.42. The topological polar surface area (TPSA) is 72.0 Å². The number of nitrogens with zero attached hydrogens (tertiary/aromatic N) is 1. The lowest BCUT2D eigenvalue weighted by molar-refractivity contribution is -0.143. The van der Waals surface area contributed by atoms with Crippen LogP contribution in [0.1, 0.15) is 59.8 Å². The number of hydrogen-bond acceptors (Lipinski definition) is 4. The van der Waals surface area contributed by atoms with Crippen molar-refractivity contribution in [3.05, 3.63) is 0 Å². The monoisotopic (exact) mass is 329 g/mol. The van der Waals surface area contributed by atoms with Crippen molar-refractivity contribution in [3.63, 3.8) is 0 Å². The van der Waals surface area contributed by atoms with Crippen LogP contribution >= 0.6 is 0 Å². The summed E-state index contributed by atoms with van der Waals surface area (Å²) in [4.78, 5) is 15.7. The predicted molar refractivity (Wildman–Crippen MR) is 94.8 cm³/mol. The molecule has 0 atom stereocenters. The van der Waals surface area contributed by atoms with Gasteiger partial charge in [-0.1, -0.05) is 12.8 Å². The van der Waals surface area contributed by atoms with Crippen molar-refractivity contribution >= 4 is 11.9 Å². The second-order valence-corrected chi connectivity index (χ2v) is 6.05. The van der Waals surface area contributed by atoms with Crippen LogP contribution in [0.5, 0.6) is 0 Å². The summed E-state index contributed by atoms with van der Waals surface area (Å²) in [5, 5.41) is 6.56. The maximum Gasteiger partial charge on any atom is 0.305 e. The molecule has 2 N–H and O–H groups in total. The lowest BCUT2D eigenvalue weighted by Gasteiger charge is -2.21. The Hall–Kier alpha value is -1.30. The highest BCUT2D eigenvalue weighted by Gasteiger charge is 2.15. The van der Waals surface area contributed by atoms with E-state index in [4.69, 9.17) is 9.47 Å². The standard InChI is InChI=1S/C17H35N3O3/c1-6-18-16(20-14-17(3,4)22-5)19-13-11-9-8-10-12-15(21)23-7-2/h6-14H2,1-5H3,(H2,18,19,20). The van der Waals surface area contributed by atoms with E-state index in [-0.39, 0.29) is 11.6 Å². The van der Waals surface area contributed by atoms with Gasteiger partial charge >= 0.3 is 5.97 Å². The molecule has 136 valence electrons. The van der Waals surface area contributed by atoms with Crippen LogP contribution in [0.2, 0.25) is 0 Å². The average Bonchev–Trinajstić information content (AvgIpc) is 2.52.